The van der Waals surface area contributed by atoms with Gasteiger partial charge < -0.3 is 19.3 Å². The van der Waals surface area contributed by atoms with Crippen molar-refractivity contribution in [1.82, 2.24) is 0 Å². The lowest BCUT2D eigenvalue weighted by atomic mass is 9.69. The third-order valence-corrected chi connectivity index (χ3v) is 4.57. The van der Waals surface area contributed by atoms with E-state index in [9.17, 15) is 14.3 Å². The molecule has 22 heavy (non-hydrogen) atoms. The molecule has 120 valence electrons. The van der Waals surface area contributed by atoms with E-state index in [4.69, 9.17) is 14.2 Å². The summed E-state index contributed by atoms with van der Waals surface area (Å²) in [6.07, 6.45) is 3.52. The number of benzene rings is 1. The molecule has 1 aromatic rings. The van der Waals surface area contributed by atoms with Gasteiger partial charge in [-0.05, 0) is 18.9 Å². The van der Waals surface area contributed by atoms with Crippen LogP contribution in [0.15, 0.2) is 6.07 Å². The van der Waals surface area contributed by atoms with E-state index in [1.165, 1.54) is 7.11 Å². The molecule has 0 unspecified atom stereocenters. The van der Waals surface area contributed by atoms with Crippen molar-refractivity contribution >= 4 is 5.97 Å². The van der Waals surface area contributed by atoms with Gasteiger partial charge in [0.25, 0.3) is 0 Å². The van der Waals surface area contributed by atoms with Gasteiger partial charge in [-0.1, -0.05) is 19.3 Å². The van der Waals surface area contributed by atoms with Crippen molar-refractivity contribution in [3.8, 4) is 17.2 Å². The molecule has 1 saturated carbocycles. The molecule has 5 nitrogen and oxygen atoms in total. The van der Waals surface area contributed by atoms with E-state index in [1.807, 2.05) is 0 Å². The van der Waals surface area contributed by atoms with Gasteiger partial charge in [-0.3, -0.25) is 4.79 Å². The van der Waals surface area contributed by atoms with Crippen molar-refractivity contribution in [3.05, 3.63) is 17.4 Å². The summed E-state index contributed by atoms with van der Waals surface area (Å²) in [4.78, 5) is 12.0. The molecule has 1 N–H and O–H groups in total. The van der Waals surface area contributed by atoms with Gasteiger partial charge in [-0.25, -0.2) is 0 Å². The second kappa shape index (κ2) is 5.66. The molecule has 0 bridgehead atoms. The Hall–Kier alpha value is -1.98. The minimum absolute atomic E-state index is 0.00296. The minimum Gasteiger partial charge on any atom is -0.493 e. The Labute approximate surface area is 128 Å². The highest BCUT2D eigenvalue weighted by atomic mass is 19.1. The number of fused-ring (bicyclic) bond motifs is 1. The number of ether oxygens (including phenoxy) is 3. The molecule has 0 aromatic heterocycles. The van der Waals surface area contributed by atoms with Crippen LogP contribution in [0, 0.1) is 5.82 Å². The summed E-state index contributed by atoms with van der Waals surface area (Å²) in [5.41, 5.74) is -0.774. The SMILES string of the molecule is COc1c(C2(C(=O)O)CCCCC2)cc2c(c1F)OCCO2. The fourth-order valence-corrected chi connectivity index (χ4v) is 3.44. The van der Waals surface area contributed by atoms with E-state index in [1.54, 1.807) is 6.07 Å². The molecule has 0 radical (unpaired) electrons. The number of aliphatic carboxylic acids is 1. The molecule has 1 aliphatic heterocycles. The molecule has 2 aliphatic rings. The molecule has 6 heteroatoms. The summed E-state index contributed by atoms with van der Waals surface area (Å²) in [5, 5.41) is 9.81. The van der Waals surface area contributed by atoms with E-state index in [0.29, 0.717) is 25.0 Å². The van der Waals surface area contributed by atoms with E-state index in [2.05, 4.69) is 0 Å². The fraction of sp³-hybridized carbons (Fsp3) is 0.562. The van der Waals surface area contributed by atoms with Crippen LogP contribution in [-0.2, 0) is 10.2 Å². The van der Waals surface area contributed by atoms with Gasteiger partial charge in [0.2, 0.25) is 11.6 Å². The number of hydrogen-bond acceptors (Lipinski definition) is 4. The Balaban J connectivity index is 2.20. The van der Waals surface area contributed by atoms with Gasteiger partial charge in [0.05, 0.1) is 12.5 Å². The molecule has 1 aliphatic carbocycles. The van der Waals surface area contributed by atoms with Crippen LogP contribution in [-0.4, -0.2) is 31.4 Å². The Kier molecular flexibility index (Phi) is 3.85. The first-order chi connectivity index (χ1) is 10.6. The van der Waals surface area contributed by atoms with Crippen LogP contribution in [0.3, 0.4) is 0 Å². The van der Waals surface area contributed by atoms with Crippen LogP contribution in [0.25, 0.3) is 0 Å². The predicted molar refractivity (Wildman–Crippen MR) is 76.3 cm³/mol. The molecular weight excluding hydrogens is 291 g/mol. The highest BCUT2D eigenvalue weighted by Gasteiger charge is 2.45. The first kappa shape index (κ1) is 14.9. The minimum atomic E-state index is -1.12. The van der Waals surface area contributed by atoms with E-state index in [-0.39, 0.29) is 23.9 Å². The van der Waals surface area contributed by atoms with Crippen LogP contribution < -0.4 is 14.2 Å². The van der Waals surface area contributed by atoms with Crippen LogP contribution in [0.4, 0.5) is 4.39 Å². The van der Waals surface area contributed by atoms with Gasteiger partial charge in [0.15, 0.2) is 11.5 Å². The molecule has 1 heterocycles. The second-order valence-electron chi connectivity index (χ2n) is 5.74. The normalized spacial score (nSPS) is 19.5. The number of carboxylic acid groups (broad SMARTS) is 1. The third kappa shape index (κ3) is 2.17. The van der Waals surface area contributed by atoms with E-state index in [0.717, 1.165) is 19.3 Å². The topological polar surface area (TPSA) is 65.0 Å². The quantitative estimate of drug-likeness (QED) is 0.930. The van der Waals surface area contributed by atoms with Crippen LogP contribution in [0.1, 0.15) is 37.7 Å². The Bertz CT molecular complexity index is 593. The molecular formula is C16H19FO5. The van der Waals surface area contributed by atoms with Gasteiger partial charge >= 0.3 is 5.97 Å². The average molecular weight is 310 g/mol. The number of methoxy groups -OCH3 is 1. The van der Waals surface area contributed by atoms with Crippen molar-refractivity contribution in [1.29, 1.82) is 0 Å². The molecule has 0 spiro atoms. The Morgan fingerprint density at radius 2 is 1.95 bits per heavy atom. The number of hydrogen-bond donors (Lipinski definition) is 1. The van der Waals surface area contributed by atoms with Crippen molar-refractivity contribution < 1.29 is 28.5 Å². The highest BCUT2D eigenvalue weighted by Crippen LogP contribution is 2.49. The average Bonchev–Trinajstić information content (AvgIpc) is 2.55. The van der Waals surface area contributed by atoms with Crippen LogP contribution >= 0.6 is 0 Å². The van der Waals surface area contributed by atoms with Crippen molar-refractivity contribution in [3.63, 3.8) is 0 Å². The standard InChI is InChI=1S/C16H19FO5/c1-20-13-10(16(15(18)19)5-3-2-4-6-16)9-11-14(12(13)17)22-8-7-21-11/h9H,2-8H2,1H3,(H,18,19). The van der Waals surface area contributed by atoms with Crippen molar-refractivity contribution in [2.45, 2.75) is 37.5 Å². The maximum atomic E-state index is 14.7. The van der Waals surface area contributed by atoms with Crippen molar-refractivity contribution in [2.24, 2.45) is 0 Å². The van der Waals surface area contributed by atoms with Crippen LogP contribution in [0.2, 0.25) is 0 Å². The lowest BCUT2D eigenvalue weighted by molar-refractivity contribution is -0.145. The lowest BCUT2D eigenvalue weighted by Gasteiger charge is -2.35. The lowest BCUT2D eigenvalue weighted by Crippen LogP contribution is -2.38. The third-order valence-electron chi connectivity index (χ3n) is 4.57. The van der Waals surface area contributed by atoms with E-state index >= 15 is 0 Å². The smallest absolute Gasteiger partial charge is 0.314 e. The van der Waals surface area contributed by atoms with Gasteiger partial charge in [-0.2, -0.15) is 4.39 Å². The van der Waals surface area contributed by atoms with Crippen LogP contribution in [0.5, 0.6) is 17.2 Å². The molecule has 1 fully saturated rings. The van der Waals surface area contributed by atoms with E-state index < -0.39 is 17.2 Å². The summed E-state index contributed by atoms with van der Waals surface area (Å²) in [6.45, 7) is 0.578. The monoisotopic (exact) mass is 310 g/mol. The molecule has 0 atom stereocenters. The first-order valence-corrected chi connectivity index (χ1v) is 7.50. The Morgan fingerprint density at radius 3 is 2.59 bits per heavy atom. The first-order valence-electron chi connectivity index (χ1n) is 7.50. The largest absolute Gasteiger partial charge is 0.493 e. The second-order valence-corrected chi connectivity index (χ2v) is 5.74. The van der Waals surface area contributed by atoms with Gasteiger partial charge in [-0.15, -0.1) is 0 Å². The molecule has 3 rings (SSSR count). The zero-order valence-electron chi connectivity index (χ0n) is 12.5. The predicted octanol–water partition coefficient (Wildman–Crippen LogP) is 2.89. The zero-order valence-corrected chi connectivity index (χ0v) is 12.5. The number of halogens is 1. The summed E-state index contributed by atoms with van der Waals surface area (Å²) >= 11 is 0. The van der Waals surface area contributed by atoms with Gasteiger partial charge in [0.1, 0.15) is 13.2 Å². The number of carboxylic acids is 1. The summed E-state index contributed by atoms with van der Waals surface area (Å²) in [5.74, 6) is -1.41. The van der Waals surface area contributed by atoms with Crippen molar-refractivity contribution in [2.75, 3.05) is 20.3 Å². The summed E-state index contributed by atoms with van der Waals surface area (Å²) in [6, 6.07) is 1.58. The summed E-state index contributed by atoms with van der Waals surface area (Å²) < 4.78 is 30.6. The molecule has 0 amide bonds. The summed E-state index contributed by atoms with van der Waals surface area (Å²) in [7, 11) is 1.34. The number of carbonyl (C=O) groups is 1. The fourth-order valence-electron chi connectivity index (χ4n) is 3.44. The maximum Gasteiger partial charge on any atom is 0.314 e. The van der Waals surface area contributed by atoms with Gasteiger partial charge in [0, 0.05) is 5.56 Å². The highest BCUT2D eigenvalue weighted by molar-refractivity contribution is 5.83. The zero-order chi connectivity index (χ0) is 15.7. The molecule has 0 saturated heterocycles. The number of rotatable bonds is 3. The molecule has 1 aromatic carbocycles. The Morgan fingerprint density at radius 1 is 1.27 bits per heavy atom. The maximum absolute atomic E-state index is 14.7.